The molecule has 122 valence electrons. The first kappa shape index (κ1) is 16.4. The Morgan fingerprint density at radius 3 is 2.95 bits per heavy atom. The summed E-state index contributed by atoms with van der Waals surface area (Å²) in [4.78, 5) is 15.9. The van der Waals surface area contributed by atoms with Gasteiger partial charge in [-0.05, 0) is 20.8 Å². The minimum atomic E-state index is -0.602. The van der Waals surface area contributed by atoms with Gasteiger partial charge in [0.1, 0.15) is 11.4 Å². The van der Waals surface area contributed by atoms with Gasteiger partial charge in [0.05, 0.1) is 18.3 Å². The molecule has 5 N–H and O–H groups in total. The number of fused-ring (bicyclic) bond motifs is 1. The maximum atomic E-state index is 11.7. The second-order valence-electron chi connectivity index (χ2n) is 5.67. The highest BCUT2D eigenvalue weighted by Gasteiger charge is 2.25. The maximum absolute atomic E-state index is 11.7. The van der Waals surface area contributed by atoms with Crippen molar-refractivity contribution in [2.24, 2.45) is 10.7 Å². The Labute approximate surface area is 133 Å². The van der Waals surface area contributed by atoms with E-state index in [2.05, 4.69) is 26.3 Å². The molecule has 0 fully saturated rings. The number of aromatic nitrogens is 2. The van der Waals surface area contributed by atoms with Crippen LogP contribution >= 0.6 is 11.6 Å². The lowest BCUT2D eigenvalue weighted by Gasteiger charge is -2.24. The number of amides is 1. The second-order valence-corrected chi connectivity index (χ2v) is 6.05. The van der Waals surface area contributed by atoms with E-state index in [-0.39, 0.29) is 5.96 Å². The van der Waals surface area contributed by atoms with Gasteiger partial charge in [0.25, 0.3) is 0 Å². The molecule has 1 aliphatic rings. The van der Waals surface area contributed by atoms with Crippen LogP contribution in [0.1, 0.15) is 32.5 Å². The van der Waals surface area contributed by atoms with Gasteiger partial charge in [0.2, 0.25) is 0 Å². The Hall–Kier alpha value is -2.00. The van der Waals surface area contributed by atoms with Crippen molar-refractivity contribution in [1.29, 1.82) is 0 Å². The Morgan fingerprint density at radius 2 is 2.32 bits per heavy atom. The minimum absolute atomic E-state index is 0.215. The number of nitrogens with two attached hydrogens (primary N) is 1. The second kappa shape index (κ2) is 6.41. The predicted octanol–water partition coefficient (Wildman–Crippen LogP) is 0.890. The molecular formula is C12H20ClN7O2. The SMILES string of the molecule is CC(C)(C)OC(=O)NNC1N=C(N)Nc2c1cnn2CCCl. The molecule has 22 heavy (non-hydrogen) atoms. The van der Waals surface area contributed by atoms with Gasteiger partial charge in [-0.15, -0.1) is 11.6 Å². The number of aliphatic imine (C=N–C) groups is 1. The molecule has 1 amide bonds. The zero-order valence-corrected chi connectivity index (χ0v) is 13.4. The van der Waals surface area contributed by atoms with E-state index in [0.29, 0.717) is 18.2 Å². The number of anilines is 1. The van der Waals surface area contributed by atoms with Gasteiger partial charge in [-0.1, -0.05) is 0 Å². The summed E-state index contributed by atoms with van der Waals surface area (Å²) < 4.78 is 6.83. The summed E-state index contributed by atoms with van der Waals surface area (Å²) in [6.07, 6.45) is 0.474. The molecule has 1 aromatic rings. The number of carbonyl (C=O) groups excluding carboxylic acids is 1. The number of ether oxygens (including phenoxy) is 1. The first-order chi connectivity index (χ1) is 10.3. The van der Waals surface area contributed by atoms with E-state index in [1.807, 2.05) is 0 Å². The van der Waals surface area contributed by atoms with Crippen molar-refractivity contribution in [3.05, 3.63) is 11.8 Å². The molecule has 1 atom stereocenters. The van der Waals surface area contributed by atoms with Crippen molar-refractivity contribution >= 4 is 29.5 Å². The quantitative estimate of drug-likeness (QED) is 0.481. The molecular weight excluding hydrogens is 310 g/mol. The first-order valence-electron chi connectivity index (χ1n) is 6.76. The van der Waals surface area contributed by atoms with Crippen LogP contribution in [0, 0.1) is 0 Å². The molecule has 0 saturated heterocycles. The van der Waals surface area contributed by atoms with Crippen molar-refractivity contribution < 1.29 is 9.53 Å². The lowest BCUT2D eigenvalue weighted by atomic mass is 10.2. The normalized spacial score (nSPS) is 17.3. The molecule has 0 aromatic carbocycles. The van der Waals surface area contributed by atoms with E-state index in [9.17, 15) is 4.79 Å². The first-order valence-corrected chi connectivity index (χ1v) is 7.30. The number of hydrogen-bond donors (Lipinski definition) is 4. The number of guanidine groups is 1. The van der Waals surface area contributed by atoms with Gasteiger partial charge in [0.15, 0.2) is 12.1 Å². The van der Waals surface area contributed by atoms with Gasteiger partial charge in [-0.25, -0.2) is 19.9 Å². The fourth-order valence-corrected chi connectivity index (χ4v) is 2.05. The molecule has 1 unspecified atom stereocenters. The smallest absolute Gasteiger partial charge is 0.422 e. The van der Waals surface area contributed by atoms with E-state index in [4.69, 9.17) is 22.1 Å². The molecule has 0 saturated carbocycles. The molecule has 10 heteroatoms. The Morgan fingerprint density at radius 1 is 1.59 bits per heavy atom. The third kappa shape index (κ3) is 4.01. The molecule has 0 radical (unpaired) electrons. The Balaban J connectivity index is 2.05. The van der Waals surface area contributed by atoms with Gasteiger partial charge < -0.3 is 15.8 Å². The van der Waals surface area contributed by atoms with Crippen LogP contribution in [0.4, 0.5) is 10.6 Å². The van der Waals surface area contributed by atoms with E-state index in [1.165, 1.54) is 0 Å². The molecule has 0 bridgehead atoms. The average Bonchev–Trinajstić information content (AvgIpc) is 2.78. The van der Waals surface area contributed by atoms with Crippen LogP contribution < -0.4 is 21.9 Å². The van der Waals surface area contributed by atoms with Crippen LogP contribution in [-0.4, -0.2) is 33.3 Å². The maximum Gasteiger partial charge on any atom is 0.422 e. The van der Waals surface area contributed by atoms with Gasteiger partial charge >= 0.3 is 6.09 Å². The van der Waals surface area contributed by atoms with Crippen LogP contribution in [0.2, 0.25) is 0 Å². The highest BCUT2D eigenvalue weighted by Crippen LogP contribution is 2.27. The highest BCUT2D eigenvalue weighted by molar-refractivity contribution is 6.17. The summed E-state index contributed by atoms with van der Waals surface area (Å²) in [7, 11) is 0. The number of carbonyl (C=O) groups is 1. The molecule has 1 aliphatic heterocycles. The number of hydrazine groups is 1. The summed E-state index contributed by atoms with van der Waals surface area (Å²) in [6.45, 7) is 5.87. The standard InChI is InChI=1S/C12H20ClN7O2/c1-12(2,3)22-11(21)19-18-8-7-6-15-20(5-4-13)9(7)17-10(14)16-8/h6,8,18H,4-5H2,1-3H3,(H,19,21)(H3,14,16,17). The van der Waals surface area contributed by atoms with E-state index < -0.39 is 17.9 Å². The lowest BCUT2D eigenvalue weighted by Crippen LogP contribution is -2.44. The fraction of sp³-hybridized carbons (Fsp3) is 0.583. The van der Waals surface area contributed by atoms with Crippen molar-refractivity contribution in [1.82, 2.24) is 20.6 Å². The van der Waals surface area contributed by atoms with Gasteiger partial charge in [-0.3, -0.25) is 5.43 Å². The van der Waals surface area contributed by atoms with Crippen LogP contribution in [0.25, 0.3) is 0 Å². The van der Waals surface area contributed by atoms with E-state index in [1.54, 1.807) is 31.6 Å². The largest absolute Gasteiger partial charge is 0.443 e. The number of alkyl halides is 1. The number of aryl methyl sites for hydroxylation is 1. The van der Waals surface area contributed by atoms with E-state index >= 15 is 0 Å². The number of hydrogen-bond acceptors (Lipinski definition) is 7. The van der Waals surface area contributed by atoms with Crippen molar-refractivity contribution in [3.8, 4) is 0 Å². The molecule has 0 aliphatic carbocycles. The third-order valence-corrected chi connectivity index (χ3v) is 2.85. The zero-order valence-electron chi connectivity index (χ0n) is 12.7. The topological polar surface area (TPSA) is 119 Å². The summed E-state index contributed by atoms with van der Waals surface area (Å²) in [5, 5.41) is 7.15. The average molecular weight is 330 g/mol. The number of nitrogens with one attached hydrogen (secondary N) is 3. The number of halogens is 1. The predicted molar refractivity (Wildman–Crippen MR) is 83.4 cm³/mol. The summed E-state index contributed by atoms with van der Waals surface area (Å²) in [6, 6.07) is 0. The molecule has 9 nitrogen and oxygen atoms in total. The summed E-state index contributed by atoms with van der Waals surface area (Å²) in [5.74, 6) is 1.32. The van der Waals surface area contributed by atoms with Gasteiger partial charge in [-0.2, -0.15) is 5.10 Å². The number of rotatable bonds is 4. The van der Waals surface area contributed by atoms with Gasteiger partial charge in [0, 0.05) is 5.88 Å². The lowest BCUT2D eigenvalue weighted by molar-refractivity contribution is 0.0488. The van der Waals surface area contributed by atoms with Crippen LogP contribution in [-0.2, 0) is 11.3 Å². The molecule has 0 spiro atoms. The summed E-state index contributed by atoms with van der Waals surface area (Å²) >= 11 is 5.73. The Bertz CT molecular complexity index is 579. The zero-order chi connectivity index (χ0) is 16.3. The molecule has 1 aromatic heterocycles. The van der Waals surface area contributed by atoms with Crippen LogP contribution in [0.15, 0.2) is 11.2 Å². The third-order valence-electron chi connectivity index (χ3n) is 2.68. The summed E-state index contributed by atoms with van der Waals surface area (Å²) in [5.41, 5.74) is 11.1. The monoisotopic (exact) mass is 329 g/mol. The van der Waals surface area contributed by atoms with E-state index in [0.717, 1.165) is 5.56 Å². The highest BCUT2D eigenvalue weighted by atomic mass is 35.5. The minimum Gasteiger partial charge on any atom is -0.443 e. The fourth-order valence-electron chi connectivity index (χ4n) is 1.89. The number of nitrogens with zero attached hydrogens (tertiary/aromatic N) is 3. The Kier molecular flexibility index (Phi) is 4.77. The van der Waals surface area contributed by atoms with Crippen molar-refractivity contribution in [2.75, 3.05) is 11.2 Å². The van der Waals surface area contributed by atoms with Crippen LogP contribution in [0.3, 0.4) is 0 Å². The van der Waals surface area contributed by atoms with Crippen LogP contribution in [0.5, 0.6) is 0 Å². The van der Waals surface area contributed by atoms with Crippen molar-refractivity contribution in [2.45, 2.75) is 39.1 Å². The molecule has 2 rings (SSSR count). The van der Waals surface area contributed by atoms with Crippen molar-refractivity contribution in [3.63, 3.8) is 0 Å². The molecule has 2 heterocycles.